The summed E-state index contributed by atoms with van der Waals surface area (Å²) >= 11 is 0. The van der Waals surface area contributed by atoms with Crippen molar-refractivity contribution in [1.82, 2.24) is 5.32 Å². The topological polar surface area (TPSA) is 21.3 Å². The van der Waals surface area contributed by atoms with E-state index in [1.54, 1.807) is 6.07 Å². The zero-order valence-corrected chi connectivity index (χ0v) is 13.2. The van der Waals surface area contributed by atoms with Gasteiger partial charge in [0.15, 0.2) is 0 Å². The van der Waals surface area contributed by atoms with Gasteiger partial charge in [-0.25, -0.2) is 4.39 Å². The summed E-state index contributed by atoms with van der Waals surface area (Å²) in [7, 11) is 0. The van der Waals surface area contributed by atoms with Crippen molar-refractivity contribution in [3.05, 3.63) is 35.6 Å². The van der Waals surface area contributed by atoms with Gasteiger partial charge in [0.05, 0.1) is 6.10 Å². The molecule has 0 saturated heterocycles. The fraction of sp³-hybridized carbons (Fsp3) is 0.647. The molecule has 1 aromatic rings. The standard InChI is InChI=1S/C17H28FNO/c1-5-11-19-13-16(20-12-10-17(2,3)4)14-8-6-7-9-15(14)18/h6-9,16,19H,5,10-13H2,1-4H3. The molecule has 0 bridgehead atoms. The van der Waals surface area contributed by atoms with Crippen LogP contribution in [0.15, 0.2) is 24.3 Å². The number of hydrogen-bond donors (Lipinski definition) is 1. The molecule has 0 spiro atoms. The Kier molecular flexibility index (Phi) is 7.17. The maximum absolute atomic E-state index is 13.9. The van der Waals surface area contributed by atoms with Gasteiger partial charge in [-0.05, 0) is 30.9 Å². The molecule has 3 heteroatoms. The van der Waals surface area contributed by atoms with Crippen LogP contribution in [0.25, 0.3) is 0 Å². The molecule has 0 radical (unpaired) electrons. The molecule has 2 nitrogen and oxygen atoms in total. The SMILES string of the molecule is CCCNCC(OCCC(C)(C)C)c1ccccc1F. The lowest BCUT2D eigenvalue weighted by atomic mass is 9.93. The van der Waals surface area contributed by atoms with Crippen LogP contribution >= 0.6 is 0 Å². The Bertz CT molecular complexity index is 387. The molecule has 0 aliphatic carbocycles. The summed E-state index contributed by atoms with van der Waals surface area (Å²) in [6, 6.07) is 6.88. The van der Waals surface area contributed by atoms with Crippen molar-refractivity contribution >= 4 is 0 Å². The highest BCUT2D eigenvalue weighted by Gasteiger charge is 2.17. The number of halogens is 1. The lowest BCUT2D eigenvalue weighted by molar-refractivity contribution is 0.0350. The van der Waals surface area contributed by atoms with Gasteiger partial charge in [0.2, 0.25) is 0 Å². The molecule has 20 heavy (non-hydrogen) atoms. The molecular weight excluding hydrogens is 253 g/mol. The van der Waals surface area contributed by atoms with Gasteiger partial charge in [0, 0.05) is 18.7 Å². The van der Waals surface area contributed by atoms with E-state index in [9.17, 15) is 4.39 Å². The van der Waals surface area contributed by atoms with Crippen molar-refractivity contribution in [1.29, 1.82) is 0 Å². The van der Waals surface area contributed by atoms with Gasteiger partial charge in [0.1, 0.15) is 5.82 Å². The van der Waals surface area contributed by atoms with Crippen molar-refractivity contribution in [2.75, 3.05) is 19.7 Å². The zero-order valence-electron chi connectivity index (χ0n) is 13.2. The number of rotatable bonds is 8. The average molecular weight is 281 g/mol. The van der Waals surface area contributed by atoms with E-state index >= 15 is 0 Å². The number of nitrogens with one attached hydrogen (secondary N) is 1. The van der Waals surface area contributed by atoms with E-state index in [1.807, 2.05) is 12.1 Å². The minimum Gasteiger partial charge on any atom is -0.372 e. The summed E-state index contributed by atoms with van der Waals surface area (Å²) in [5.74, 6) is -0.188. The van der Waals surface area contributed by atoms with Gasteiger partial charge in [-0.3, -0.25) is 0 Å². The zero-order chi connectivity index (χ0) is 15.0. The van der Waals surface area contributed by atoms with E-state index in [1.165, 1.54) is 6.07 Å². The van der Waals surface area contributed by atoms with Crippen LogP contribution in [0.5, 0.6) is 0 Å². The molecule has 0 amide bonds. The highest BCUT2D eigenvalue weighted by atomic mass is 19.1. The molecule has 1 N–H and O–H groups in total. The van der Waals surface area contributed by atoms with Crippen molar-refractivity contribution in [3.63, 3.8) is 0 Å². The van der Waals surface area contributed by atoms with Gasteiger partial charge in [-0.15, -0.1) is 0 Å². The second kappa shape index (κ2) is 8.38. The molecule has 0 fully saturated rings. The highest BCUT2D eigenvalue weighted by molar-refractivity contribution is 5.20. The average Bonchev–Trinajstić information content (AvgIpc) is 2.37. The van der Waals surface area contributed by atoms with Crippen LogP contribution in [0, 0.1) is 11.2 Å². The maximum Gasteiger partial charge on any atom is 0.129 e. The molecule has 0 aliphatic heterocycles. The van der Waals surface area contributed by atoms with E-state index in [0.717, 1.165) is 19.4 Å². The summed E-state index contributed by atoms with van der Waals surface area (Å²) in [6.45, 7) is 10.9. The number of hydrogen-bond acceptors (Lipinski definition) is 2. The summed E-state index contributed by atoms with van der Waals surface area (Å²) < 4.78 is 19.8. The summed E-state index contributed by atoms with van der Waals surface area (Å²) in [6.07, 6.45) is 1.81. The Morgan fingerprint density at radius 1 is 1.25 bits per heavy atom. The molecule has 114 valence electrons. The fourth-order valence-corrected chi connectivity index (χ4v) is 1.91. The summed E-state index contributed by atoms with van der Waals surface area (Å²) in [5, 5.41) is 3.32. The predicted molar refractivity (Wildman–Crippen MR) is 82.3 cm³/mol. The lowest BCUT2D eigenvalue weighted by Gasteiger charge is -2.23. The first-order valence-electron chi connectivity index (χ1n) is 7.51. The van der Waals surface area contributed by atoms with Crippen LogP contribution in [0.1, 0.15) is 52.2 Å². The van der Waals surface area contributed by atoms with Crippen LogP contribution in [-0.4, -0.2) is 19.7 Å². The first-order valence-corrected chi connectivity index (χ1v) is 7.51. The monoisotopic (exact) mass is 281 g/mol. The Morgan fingerprint density at radius 3 is 2.55 bits per heavy atom. The minimum absolute atomic E-state index is 0.188. The number of benzene rings is 1. The second-order valence-electron chi connectivity index (χ2n) is 6.40. The van der Waals surface area contributed by atoms with Gasteiger partial charge < -0.3 is 10.1 Å². The smallest absolute Gasteiger partial charge is 0.129 e. The quantitative estimate of drug-likeness (QED) is 0.717. The molecule has 1 rings (SSSR count). The van der Waals surface area contributed by atoms with Crippen LogP contribution in [0.4, 0.5) is 4.39 Å². The van der Waals surface area contributed by atoms with E-state index in [-0.39, 0.29) is 17.3 Å². The second-order valence-corrected chi connectivity index (χ2v) is 6.40. The first-order chi connectivity index (χ1) is 9.44. The number of ether oxygens (including phenoxy) is 1. The van der Waals surface area contributed by atoms with E-state index in [2.05, 4.69) is 33.0 Å². The van der Waals surface area contributed by atoms with Gasteiger partial charge >= 0.3 is 0 Å². The van der Waals surface area contributed by atoms with Crippen LogP contribution < -0.4 is 5.32 Å². The third kappa shape index (κ3) is 6.49. The van der Waals surface area contributed by atoms with Crippen molar-refractivity contribution in [3.8, 4) is 0 Å². The van der Waals surface area contributed by atoms with Crippen molar-refractivity contribution < 1.29 is 9.13 Å². The largest absolute Gasteiger partial charge is 0.372 e. The lowest BCUT2D eigenvalue weighted by Crippen LogP contribution is -2.25. The van der Waals surface area contributed by atoms with E-state index in [4.69, 9.17) is 4.74 Å². The van der Waals surface area contributed by atoms with Gasteiger partial charge in [-0.2, -0.15) is 0 Å². The predicted octanol–water partition coefficient (Wildman–Crippen LogP) is 4.32. The van der Waals surface area contributed by atoms with Crippen LogP contribution in [0.2, 0.25) is 0 Å². The summed E-state index contributed by atoms with van der Waals surface area (Å²) in [5.41, 5.74) is 0.876. The molecule has 1 aromatic carbocycles. The van der Waals surface area contributed by atoms with Crippen LogP contribution in [0.3, 0.4) is 0 Å². The van der Waals surface area contributed by atoms with Crippen LogP contribution in [-0.2, 0) is 4.74 Å². The Balaban J connectivity index is 2.63. The highest BCUT2D eigenvalue weighted by Crippen LogP contribution is 2.23. The molecule has 0 aliphatic rings. The summed E-state index contributed by atoms with van der Waals surface area (Å²) in [4.78, 5) is 0. The third-order valence-electron chi connectivity index (χ3n) is 3.18. The van der Waals surface area contributed by atoms with E-state index in [0.29, 0.717) is 18.7 Å². The molecule has 1 atom stereocenters. The Morgan fingerprint density at radius 2 is 1.95 bits per heavy atom. The van der Waals surface area contributed by atoms with Gasteiger partial charge in [-0.1, -0.05) is 45.9 Å². The molecule has 1 unspecified atom stereocenters. The first kappa shape index (κ1) is 17.1. The third-order valence-corrected chi connectivity index (χ3v) is 3.18. The Hall–Kier alpha value is -0.930. The van der Waals surface area contributed by atoms with E-state index < -0.39 is 0 Å². The normalized spacial score (nSPS) is 13.4. The molecule has 0 saturated carbocycles. The van der Waals surface area contributed by atoms with Crippen molar-refractivity contribution in [2.45, 2.75) is 46.6 Å². The van der Waals surface area contributed by atoms with Gasteiger partial charge in [0.25, 0.3) is 0 Å². The molecule has 0 aromatic heterocycles. The fourth-order valence-electron chi connectivity index (χ4n) is 1.91. The maximum atomic E-state index is 13.9. The van der Waals surface area contributed by atoms with Crippen molar-refractivity contribution in [2.24, 2.45) is 5.41 Å². The minimum atomic E-state index is -0.218. The molecular formula is C17H28FNO. The Labute approximate surface area is 122 Å². The molecule has 0 heterocycles.